The Labute approximate surface area is 80.3 Å². The third kappa shape index (κ3) is 1.41. The summed E-state index contributed by atoms with van der Waals surface area (Å²) in [4.78, 5) is 0. The summed E-state index contributed by atoms with van der Waals surface area (Å²) in [5.74, 6) is 0. The molecular formula is C13H16. The molecule has 0 aromatic heterocycles. The molecule has 0 saturated heterocycles. The smallest absolute Gasteiger partial charge is 0.0108 e. The first-order valence-corrected chi connectivity index (χ1v) is 4.94. The fourth-order valence-corrected chi connectivity index (χ4v) is 2.02. The first-order chi connectivity index (χ1) is 6.21. The standard InChI is InChI=1S/C13H16/c1-13(2,11-7-3-4-8-11)12-9-5-6-10-12/h3-5,7,9-10H,6,8H2,1-2H3. The molecule has 2 aliphatic rings. The molecule has 0 aromatic carbocycles. The van der Waals surface area contributed by atoms with E-state index >= 15 is 0 Å². The van der Waals surface area contributed by atoms with Gasteiger partial charge in [-0.1, -0.05) is 55.9 Å². The van der Waals surface area contributed by atoms with Gasteiger partial charge >= 0.3 is 0 Å². The van der Waals surface area contributed by atoms with Crippen LogP contribution in [0, 0.1) is 5.41 Å². The Bertz CT molecular complexity index is 322. The van der Waals surface area contributed by atoms with Crippen LogP contribution >= 0.6 is 0 Å². The summed E-state index contributed by atoms with van der Waals surface area (Å²) in [6.45, 7) is 4.63. The largest absolute Gasteiger partial charge is 0.0804 e. The van der Waals surface area contributed by atoms with Crippen LogP contribution in [-0.4, -0.2) is 0 Å². The van der Waals surface area contributed by atoms with E-state index in [-0.39, 0.29) is 5.41 Å². The van der Waals surface area contributed by atoms with E-state index in [1.165, 1.54) is 11.1 Å². The van der Waals surface area contributed by atoms with Crippen LogP contribution in [0.3, 0.4) is 0 Å². The molecule has 0 aromatic rings. The molecule has 0 nitrogen and oxygen atoms in total. The Kier molecular flexibility index (Phi) is 1.99. The maximum absolute atomic E-state index is 2.33. The van der Waals surface area contributed by atoms with Crippen LogP contribution in [0.1, 0.15) is 26.7 Å². The highest BCUT2D eigenvalue weighted by molar-refractivity contribution is 5.42. The highest BCUT2D eigenvalue weighted by Crippen LogP contribution is 2.40. The van der Waals surface area contributed by atoms with Gasteiger partial charge in [-0.05, 0) is 18.4 Å². The Morgan fingerprint density at radius 2 is 2.08 bits per heavy atom. The number of rotatable bonds is 2. The van der Waals surface area contributed by atoms with Crippen LogP contribution in [-0.2, 0) is 0 Å². The molecule has 0 aliphatic heterocycles. The van der Waals surface area contributed by atoms with E-state index in [2.05, 4.69) is 50.3 Å². The second kappa shape index (κ2) is 3.02. The quantitative estimate of drug-likeness (QED) is 0.594. The van der Waals surface area contributed by atoms with Gasteiger partial charge in [0.15, 0.2) is 0 Å². The first-order valence-electron chi connectivity index (χ1n) is 4.94. The Hall–Kier alpha value is -1.04. The normalized spacial score (nSPS) is 20.8. The van der Waals surface area contributed by atoms with Gasteiger partial charge in [0, 0.05) is 5.41 Å². The van der Waals surface area contributed by atoms with E-state index in [1.54, 1.807) is 0 Å². The number of hydrogen-bond donors (Lipinski definition) is 0. The molecule has 13 heavy (non-hydrogen) atoms. The van der Waals surface area contributed by atoms with Crippen molar-refractivity contribution in [3.63, 3.8) is 0 Å². The minimum Gasteiger partial charge on any atom is -0.0804 e. The van der Waals surface area contributed by atoms with Crippen LogP contribution in [0.5, 0.6) is 0 Å². The van der Waals surface area contributed by atoms with E-state index in [0.717, 1.165) is 12.8 Å². The van der Waals surface area contributed by atoms with Gasteiger partial charge < -0.3 is 0 Å². The molecule has 2 aliphatic carbocycles. The number of allylic oxidation sites excluding steroid dienone is 8. The van der Waals surface area contributed by atoms with E-state index in [1.807, 2.05) is 0 Å². The van der Waals surface area contributed by atoms with Crippen LogP contribution in [0.4, 0.5) is 0 Å². The SMILES string of the molecule is CC(C)(C1=CCC=C1)C1=CC=CC1. The third-order valence-corrected chi connectivity index (χ3v) is 3.07. The van der Waals surface area contributed by atoms with Crippen molar-refractivity contribution in [3.05, 3.63) is 47.6 Å². The molecule has 0 atom stereocenters. The summed E-state index contributed by atoms with van der Waals surface area (Å²) in [6.07, 6.45) is 15.7. The van der Waals surface area contributed by atoms with Crippen molar-refractivity contribution in [2.45, 2.75) is 26.7 Å². The van der Waals surface area contributed by atoms with Crippen molar-refractivity contribution in [3.8, 4) is 0 Å². The maximum atomic E-state index is 2.33. The first kappa shape index (κ1) is 8.55. The highest BCUT2D eigenvalue weighted by atomic mass is 14.3. The maximum Gasteiger partial charge on any atom is 0.0108 e. The topological polar surface area (TPSA) is 0 Å². The molecule has 0 amide bonds. The van der Waals surface area contributed by atoms with Crippen molar-refractivity contribution in [2.75, 3.05) is 0 Å². The lowest BCUT2D eigenvalue weighted by molar-refractivity contribution is 0.544. The summed E-state index contributed by atoms with van der Waals surface area (Å²) in [7, 11) is 0. The van der Waals surface area contributed by atoms with Gasteiger partial charge in [-0.25, -0.2) is 0 Å². The highest BCUT2D eigenvalue weighted by Gasteiger charge is 2.27. The van der Waals surface area contributed by atoms with E-state index in [9.17, 15) is 0 Å². The zero-order chi connectivity index (χ0) is 9.31. The van der Waals surface area contributed by atoms with Crippen molar-refractivity contribution in [1.29, 1.82) is 0 Å². The van der Waals surface area contributed by atoms with Crippen molar-refractivity contribution < 1.29 is 0 Å². The molecule has 0 heteroatoms. The van der Waals surface area contributed by atoms with Crippen LogP contribution in [0.2, 0.25) is 0 Å². The van der Waals surface area contributed by atoms with Crippen molar-refractivity contribution >= 4 is 0 Å². The average molecular weight is 172 g/mol. The summed E-state index contributed by atoms with van der Waals surface area (Å²) in [6, 6.07) is 0. The summed E-state index contributed by atoms with van der Waals surface area (Å²) in [5, 5.41) is 0. The van der Waals surface area contributed by atoms with Gasteiger partial charge in [-0.2, -0.15) is 0 Å². The average Bonchev–Trinajstić information content (AvgIpc) is 2.78. The van der Waals surface area contributed by atoms with Gasteiger partial charge in [0.2, 0.25) is 0 Å². The lowest BCUT2D eigenvalue weighted by atomic mass is 9.77. The predicted octanol–water partition coefficient (Wildman–Crippen LogP) is 3.79. The van der Waals surface area contributed by atoms with Crippen LogP contribution in [0.15, 0.2) is 47.6 Å². The molecule has 0 saturated carbocycles. The van der Waals surface area contributed by atoms with Gasteiger partial charge in [-0.3, -0.25) is 0 Å². The molecule has 0 radical (unpaired) electrons. The minimum absolute atomic E-state index is 0.233. The molecule has 0 heterocycles. The monoisotopic (exact) mass is 172 g/mol. The molecular weight excluding hydrogens is 156 g/mol. The fourth-order valence-electron chi connectivity index (χ4n) is 2.02. The molecule has 2 rings (SSSR count). The lowest BCUT2D eigenvalue weighted by Crippen LogP contribution is -2.15. The Balaban J connectivity index is 2.24. The summed E-state index contributed by atoms with van der Waals surface area (Å²) >= 11 is 0. The van der Waals surface area contributed by atoms with E-state index in [4.69, 9.17) is 0 Å². The zero-order valence-corrected chi connectivity index (χ0v) is 8.38. The molecule has 0 N–H and O–H groups in total. The molecule has 0 fully saturated rings. The summed E-state index contributed by atoms with van der Waals surface area (Å²) < 4.78 is 0. The van der Waals surface area contributed by atoms with Gasteiger partial charge in [0.05, 0.1) is 0 Å². The fraction of sp³-hybridized carbons (Fsp3) is 0.385. The van der Waals surface area contributed by atoms with E-state index in [0.29, 0.717) is 0 Å². The van der Waals surface area contributed by atoms with Crippen LogP contribution in [0.25, 0.3) is 0 Å². The van der Waals surface area contributed by atoms with Crippen LogP contribution < -0.4 is 0 Å². The summed E-state index contributed by atoms with van der Waals surface area (Å²) in [5.41, 5.74) is 3.24. The minimum atomic E-state index is 0.233. The molecule has 68 valence electrons. The second-order valence-electron chi connectivity index (χ2n) is 4.25. The Morgan fingerprint density at radius 1 is 1.23 bits per heavy atom. The Morgan fingerprint density at radius 3 is 2.62 bits per heavy atom. The van der Waals surface area contributed by atoms with Crippen molar-refractivity contribution in [2.24, 2.45) is 5.41 Å². The molecule has 0 unspecified atom stereocenters. The van der Waals surface area contributed by atoms with Gasteiger partial charge in [0.1, 0.15) is 0 Å². The van der Waals surface area contributed by atoms with Gasteiger partial charge in [0.25, 0.3) is 0 Å². The second-order valence-corrected chi connectivity index (χ2v) is 4.25. The van der Waals surface area contributed by atoms with E-state index < -0.39 is 0 Å². The van der Waals surface area contributed by atoms with Crippen molar-refractivity contribution in [1.82, 2.24) is 0 Å². The zero-order valence-electron chi connectivity index (χ0n) is 8.38. The number of hydrogen-bond acceptors (Lipinski definition) is 0. The lowest BCUT2D eigenvalue weighted by Gasteiger charge is -2.27. The third-order valence-electron chi connectivity index (χ3n) is 3.07. The van der Waals surface area contributed by atoms with Gasteiger partial charge in [-0.15, -0.1) is 0 Å². The predicted molar refractivity (Wildman–Crippen MR) is 57.5 cm³/mol. The molecule has 0 bridgehead atoms. The molecule has 0 spiro atoms.